The van der Waals surface area contributed by atoms with Crippen molar-refractivity contribution in [2.45, 2.75) is 20.4 Å². The minimum atomic E-state index is -0.345. The molecule has 1 fully saturated rings. The number of carbonyl (C=O) groups is 2. The Morgan fingerprint density at radius 3 is 2.69 bits per heavy atom. The molecule has 7 heteroatoms. The SMILES string of the molecule is CCOC(=O)c1sc(N2CCN(Cc3ccc(C#N)cc3)C2=O)cc1C. The highest BCUT2D eigenvalue weighted by molar-refractivity contribution is 7.18. The molecule has 6 nitrogen and oxygen atoms in total. The van der Waals surface area contributed by atoms with Crippen LogP contribution >= 0.6 is 11.3 Å². The molecule has 134 valence electrons. The maximum Gasteiger partial charge on any atom is 0.348 e. The van der Waals surface area contributed by atoms with E-state index in [0.717, 1.165) is 16.1 Å². The van der Waals surface area contributed by atoms with Crippen LogP contribution in [0, 0.1) is 18.3 Å². The van der Waals surface area contributed by atoms with E-state index in [1.165, 1.54) is 11.3 Å². The number of hydrogen-bond acceptors (Lipinski definition) is 5. The summed E-state index contributed by atoms with van der Waals surface area (Å²) >= 11 is 1.29. The van der Waals surface area contributed by atoms with Gasteiger partial charge in [-0.2, -0.15) is 5.26 Å². The number of nitrogens with zero attached hydrogens (tertiary/aromatic N) is 3. The van der Waals surface area contributed by atoms with Gasteiger partial charge >= 0.3 is 12.0 Å². The molecule has 1 aliphatic heterocycles. The van der Waals surface area contributed by atoms with E-state index in [9.17, 15) is 9.59 Å². The molecule has 0 radical (unpaired) electrons. The standard InChI is InChI=1S/C19H19N3O3S/c1-3-25-18(23)17-13(2)10-16(26-17)22-9-8-21(19(22)24)12-15-6-4-14(11-20)5-7-15/h4-7,10H,3,8-9,12H2,1-2H3. The minimum Gasteiger partial charge on any atom is -0.462 e. The van der Waals surface area contributed by atoms with Crippen LogP contribution in [0.4, 0.5) is 9.80 Å². The van der Waals surface area contributed by atoms with Gasteiger partial charge < -0.3 is 9.64 Å². The number of aryl methyl sites for hydroxylation is 1. The Morgan fingerprint density at radius 1 is 1.31 bits per heavy atom. The van der Waals surface area contributed by atoms with Crippen molar-refractivity contribution >= 4 is 28.3 Å². The summed E-state index contributed by atoms with van der Waals surface area (Å²) in [5.74, 6) is -0.345. The van der Waals surface area contributed by atoms with Crippen molar-refractivity contribution in [2.24, 2.45) is 0 Å². The summed E-state index contributed by atoms with van der Waals surface area (Å²) in [6, 6.07) is 11.1. The minimum absolute atomic E-state index is 0.0778. The van der Waals surface area contributed by atoms with Gasteiger partial charge in [0.2, 0.25) is 0 Å². The molecule has 0 unspecified atom stereocenters. The molecule has 1 aliphatic rings. The zero-order valence-electron chi connectivity index (χ0n) is 14.7. The first-order valence-corrected chi connectivity index (χ1v) is 9.18. The van der Waals surface area contributed by atoms with Crippen LogP contribution in [0.5, 0.6) is 0 Å². The molecule has 0 aliphatic carbocycles. The highest BCUT2D eigenvalue weighted by Gasteiger charge is 2.31. The number of anilines is 1. The Bertz CT molecular complexity index is 867. The van der Waals surface area contributed by atoms with Gasteiger partial charge in [-0.3, -0.25) is 4.90 Å². The second-order valence-electron chi connectivity index (χ2n) is 5.98. The second kappa shape index (κ2) is 7.58. The number of nitriles is 1. The van der Waals surface area contributed by atoms with Gasteiger partial charge in [-0.05, 0) is 43.2 Å². The Labute approximate surface area is 156 Å². The smallest absolute Gasteiger partial charge is 0.348 e. The Balaban J connectivity index is 1.71. The number of amides is 2. The van der Waals surface area contributed by atoms with Crippen LogP contribution in [0.15, 0.2) is 30.3 Å². The van der Waals surface area contributed by atoms with Crippen LogP contribution < -0.4 is 4.90 Å². The van der Waals surface area contributed by atoms with E-state index < -0.39 is 0 Å². The molecule has 0 bridgehead atoms. The lowest BCUT2D eigenvalue weighted by Crippen LogP contribution is -2.30. The number of thiophene rings is 1. The van der Waals surface area contributed by atoms with Gasteiger partial charge in [-0.15, -0.1) is 11.3 Å². The lowest BCUT2D eigenvalue weighted by Gasteiger charge is -2.17. The maximum atomic E-state index is 12.7. The molecule has 3 rings (SSSR count). The number of benzene rings is 1. The van der Waals surface area contributed by atoms with Crippen LogP contribution in [0.2, 0.25) is 0 Å². The summed E-state index contributed by atoms with van der Waals surface area (Å²) in [4.78, 5) is 28.7. The fraction of sp³-hybridized carbons (Fsp3) is 0.316. The van der Waals surface area contributed by atoms with Crippen LogP contribution in [0.1, 0.15) is 33.3 Å². The van der Waals surface area contributed by atoms with Crippen LogP contribution in [0.25, 0.3) is 0 Å². The normalized spacial score (nSPS) is 13.8. The van der Waals surface area contributed by atoms with Gasteiger partial charge in [0.05, 0.1) is 18.2 Å². The lowest BCUT2D eigenvalue weighted by molar-refractivity contribution is 0.0531. The molecule has 0 spiro atoms. The van der Waals surface area contributed by atoms with E-state index in [1.807, 2.05) is 25.1 Å². The quantitative estimate of drug-likeness (QED) is 0.756. The number of urea groups is 1. The van der Waals surface area contributed by atoms with E-state index in [2.05, 4.69) is 6.07 Å². The lowest BCUT2D eigenvalue weighted by atomic mass is 10.1. The molecule has 0 N–H and O–H groups in total. The zero-order valence-corrected chi connectivity index (χ0v) is 15.5. The molecule has 1 aromatic carbocycles. The van der Waals surface area contributed by atoms with Gasteiger partial charge in [-0.25, -0.2) is 9.59 Å². The van der Waals surface area contributed by atoms with E-state index in [4.69, 9.17) is 10.00 Å². The van der Waals surface area contributed by atoms with E-state index in [-0.39, 0.29) is 12.0 Å². The Hall–Kier alpha value is -2.85. The summed E-state index contributed by atoms with van der Waals surface area (Å²) in [6.07, 6.45) is 0. The van der Waals surface area contributed by atoms with Crippen LogP contribution in [-0.2, 0) is 11.3 Å². The average molecular weight is 369 g/mol. The van der Waals surface area contributed by atoms with Crippen molar-refractivity contribution in [3.05, 3.63) is 51.9 Å². The van der Waals surface area contributed by atoms with Crippen molar-refractivity contribution in [3.63, 3.8) is 0 Å². The summed E-state index contributed by atoms with van der Waals surface area (Å²) < 4.78 is 5.07. The van der Waals surface area contributed by atoms with E-state index >= 15 is 0 Å². The number of ether oxygens (including phenoxy) is 1. The zero-order chi connectivity index (χ0) is 18.7. The molecule has 1 saturated heterocycles. The first kappa shape index (κ1) is 18.0. The summed E-state index contributed by atoms with van der Waals surface area (Å²) in [7, 11) is 0. The van der Waals surface area contributed by atoms with Crippen LogP contribution in [-0.4, -0.2) is 36.6 Å². The predicted molar refractivity (Wildman–Crippen MR) is 99.3 cm³/mol. The molecule has 0 atom stereocenters. The molecule has 2 aromatic rings. The molecule has 2 heterocycles. The van der Waals surface area contributed by atoms with E-state index in [1.54, 1.807) is 28.9 Å². The molecular weight excluding hydrogens is 350 g/mol. The number of rotatable bonds is 5. The van der Waals surface area contributed by atoms with Gasteiger partial charge in [0.15, 0.2) is 0 Å². The van der Waals surface area contributed by atoms with Gasteiger partial charge in [0.25, 0.3) is 0 Å². The van der Waals surface area contributed by atoms with Crippen molar-refractivity contribution < 1.29 is 14.3 Å². The predicted octanol–water partition coefficient (Wildman–Crippen LogP) is 3.55. The summed E-state index contributed by atoms with van der Waals surface area (Å²) in [5, 5.41) is 9.62. The van der Waals surface area contributed by atoms with Crippen molar-refractivity contribution in [1.29, 1.82) is 5.26 Å². The highest BCUT2D eigenvalue weighted by atomic mass is 32.1. The highest BCUT2D eigenvalue weighted by Crippen LogP contribution is 2.33. The molecule has 26 heavy (non-hydrogen) atoms. The van der Waals surface area contributed by atoms with E-state index in [0.29, 0.717) is 36.7 Å². The van der Waals surface area contributed by atoms with Gasteiger partial charge in [0, 0.05) is 19.6 Å². The van der Waals surface area contributed by atoms with Gasteiger partial charge in [-0.1, -0.05) is 12.1 Å². The summed E-state index contributed by atoms with van der Waals surface area (Å²) in [6.45, 7) is 5.64. The monoisotopic (exact) mass is 369 g/mol. The molecule has 0 saturated carbocycles. The third-order valence-electron chi connectivity index (χ3n) is 4.18. The fourth-order valence-electron chi connectivity index (χ4n) is 2.84. The van der Waals surface area contributed by atoms with Crippen molar-refractivity contribution in [1.82, 2.24) is 4.90 Å². The number of hydrogen-bond donors (Lipinski definition) is 0. The largest absolute Gasteiger partial charge is 0.462 e. The second-order valence-corrected chi connectivity index (χ2v) is 7.01. The van der Waals surface area contributed by atoms with Crippen LogP contribution in [0.3, 0.4) is 0 Å². The van der Waals surface area contributed by atoms with Gasteiger partial charge in [0.1, 0.15) is 9.88 Å². The fourth-order valence-corrected chi connectivity index (χ4v) is 3.92. The molecule has 1 aromatic heterocycles. The van der Waals surface area contributed by atoms with Crippen molar-refractivity contribution in [2.75, 3.05) is 24.6 Å². The first-order valence-electron chi connectivity index (χ1n) is 8.36. The molecular formula is C19H19N3O3S. The average Bonchev–Trinajstić information content (AvgIpc) is 3.19. The van der Waals surface area contributed by atoms with Crippen molar-refractivity contribution in [3.8, 4) is 6.07 Å². The Kier molecular flexibility index (Phi) is 5.24. The topological polar surface area (TPSA) is 73.6 Å². The number of carbonyl (C=O) groups excluding carboxylic acids is 2. The third-order valence-corrected chi connectivity index (χ3v) is 5.42. The molecule has 2 amide bonds. The number of esters is 1. The first-order chi connectivity index (χ1) is 12.5. The summed E-state index contributed by atoms with van der Waals surface area (Å²) in [5.41, 5.74) is 2.40. The Morgan fingerprint density at radius 2 is 2.04 bits per heavy atom. The third kappa shape index (κ3) is 3.55. The maximum absolute atomic E-state index is 12.7.